The van der Waals surface area contributed by atoms with Crippen molar-refractivity contribution in [2.75, 3.05) is 18.4 Å². The van der Waals surface area contributed by atoms with Crippen LogP contribution in [0.1, 0.15) is 39.1 Å². The fourth-order valence-electron chi connectivity index (χ4n) is 3.47. The molecule has 1 aliphatic rings. The van der Waals surface area contributed by atoms with Gasteiger partial charge in [0.25, 0.3) is 5.91 Å². The van der Waals surface area contributed by atoms with Crippen molar-refractivity contribution < 1.29 is 17.6 Å². The topological polar surface area (TPSA) is 92.3 Å². The van der Waals surface area contributed by atoms with Gasteiger partial charge in [-0.1, -0.05) is 41.2 Å². The number of hydrogen-bond acceptors (Lipinski definition) is 6. The number of nitrogens with zero attached hydrogens (tertiary/aromatic N) is 3. The minimum Gasteiger partial charge on any atom is -0.320 e. The fraction of sp³-hybridized carbons (Fsp3) is 0.286. The van der Waals surface area contributed by atoms with Crippen molar-refractivity contribution in [3.63, 3.8) is 0 Å². The summed E-state index contributed by atoms with van der Waals surface area (Å²) in [6.07, 6.45) is 1.33. The summed E-state index contributed by atoms with van der Waals surface area (Å²) < 4.78 is 41.2. The second-order valence-corrected chi connectivity index (χ2v) is 10.3. The summed E-state index contributed by atoms with van der Waals surface area (Å²) in [5.41, 5.74) is 1.75. The minimum absolute atomic E-state index is 0.172. The smallest absolute Gasteiger partial charge is 0.286 e. The van der Waals surface area contributed by atoms with E-state index in [1.165, 1.54) is 22.5 Å². The number of carbonyl (C=O) groups is 1. The monoisotopic (exact) mass is 460 g/mol. The highest BCUT2D eigenvalue weighted by atomic mass is 32.2. The van der Waals surface area contributed by atoms with Gasteiger partial charge in [0.05, 0.1) is 0 Å². The number of carbonyl (C=O) groups excluding carboxylic acids is 1. The molecule has 0 unspecified atom stereocenters. The molecule has 0 saturated carbocycles. The number of nitrogens with one attached hydrogen (secondary N) is 1. The van der Waals surface area contributed by atoms with E-state index < -0.39 is 15.8 Å². The standard InChI is InChI=1S/C21H21FN4O3S2/c1-14-8-10-16(11-9-14)23-19(27)21-25-24-20(30-21)15-5-4-12-26(13-15)31(28,29)18-7-3-2-6-17(18)22/h2-3,6-11,15H,4-5,12-13H2,1H3,(H,23,27)/t15-/m0/s1. The second kappa shape index (κ2) is 8.81. The molecule has 1 N–H and O–H groups in total. The average Bonchev–Trinajstić information content (AvgIpc) is 3.26. The lowest BCUT2D eigenvalue weighted by atomic mass is 10.0. The molecule has 1 aliphatic heterocycles. The van der Waals surface area contributed by atoms with Gasteiger partial charge < -0.3 is 5.32 Å². The molecule has 2 heterocycles. The number of anilines is 1. The summed E-state index contributed by atoms with van der Waals surface area (Å²) in [5, 5.41) is 11.7. The Bertz CT molecular complexity index is 1200. The number of amides is 1. The van der Waals surface area contributed by atoms with Gasteiger partial charge in [0, 0.05) is 24.7 Å². The second-order valence-electron chi connectivity index (χ2n) is 7.40. The highest BCUT2D eigenvalue weighted by molar-refractivity contribution is 7.89. The Labute approximate surface area is 184 Å². The summed E-state index contributed by atoms with van der Waals surface area (Å²) in [5.74, 6) is -1.33. The Morgan fingerprint density at radius 3 is 2.65 bits per heavy atom. The van der Waals surface area contributed by atoms with Crippen LogP contribution in [0, 0.1) is 12.7 Å². The van der Waals surface area contributed by atoms with Gasteiger partial charge in [-0.3, -0.25) is 4.79 Å². The maximum atomic E-state index is 14.1. The zero-order chi connectivity index (χ0) is 22.0. The molecule has 162 valence electrons. The zero-order valence-corrected chi connectivity index (χ0v) is 18.4. The lowest BCUT2D eigenvalue weighted by Crippen LogP contribution is -2.39. The molecule has 0 bridgehead atoms. The van der Waals surface area contributed by atoms with E-state index in [1.54, 1.807) is 0 Å². The summed E-state index contributed by atoms with van der Waals surface area (Å²) in [7, 11) is -3.95. The van der Waals surface area contributed by atoms with Gasteiger partial charge >= 0.3 is 0 Å². The van der Waals surface area contributed by atoms with Gasteiger partial charge in [0.1, 0.15) is 15.7 Å². The Morgan fingerprint density at radius 1 is 1.16 bits per heavy atom. The molecule has 0 aliphatic carbocycles. The molecular weight excluding hydrogens is 439 g/mol. The summed E-state index contributed by atoms with van der Waals surface area (Å²) in [6, 6.07) is 12.8. The Kier molecular flexibility index (Phi) is 6.12. The van der Waals surface area contributed by atoms with Crippen LogP contribution >= 0.6 is 11.3 Å². The molecule has 2 aromatic carbocycles. The van der Waals surface area contributed by atoms with Gasteiger partial charge in [-0.2, -0.15) is 4.31 Å². The first-order valence-corrected chi connectivity index (χ1v) is 12.1. The lowest BCUT2D eigenvalue weighted by molar-refractivity contribution is 0.102. The van der Waals surface area contributed by atoms with Crippen LogP contribution < -0.4 is 5.32 Å². The van der Waals surface area contributed by atoms with E-state index in [9.17, 15) is 17.6 Å². The third-order valence-electron chi connectivity index (χ3n) is 5.13. The van der Waals surface area contributed by atoms with Gasteiger partial charge in [0.2, 0.25) is 15.0 Å². The van der Waals surface area contributed by atoms with E-state index in [0.29, 0.717) is 23.7 Å². The number of aryl methyl sites for hydroxylation is 1. The molecule has 1 atom stereocenters. The first-order valence-electron chi connectivity index (χ1n) is 9.80. The Morgan fingerprint density at radius 2 is 1.90 bits per heavy atom. The molecule has 31 heavy (non-hydrogen) atoms. The zero-order valence-electron chi connectivity index (χ0n) is 16.8. The van der Waals surface area contributed by atoms with Crippen molar-refractivity contribution in [3.05, 3.63) is 69.9 Å². The van der Waals surface area contributed by atoms with E-state index in [4.69, 9.17) is 0 Å². The van der Waals surface area contributed by atoms with Crippen molar-refractivity contribution in [2.24, 2.45) is 0 Å². The van der Waals surface area contributed by atoms with Crippen LogP contribution in [0.25, 0.3) is 0 Å². The summed E-state index contributed by atoms with van der Waals surface area (Å²) >= 11 is 1.15. The highest BCUT2D eigenvalue weighted by Crippen LogP contribution is 2.32. The molecule has 1 amide bonds. The third-order valence-corrected chi connectivity index (χ3v) is 8.12. The molecule has 1 fully saturated rings. The number of aromatic nitrogens is 2. The maximum absolute atomic E-state index is 14.1. The molecule has 3 aromatic rings. The van der Waals surface area contributed by atoms with E-state index in [0.717, 1.165) is 29.4 Å². The Balaban J connectivity index is 1.48. The average molecular weight is 461 g/mol. The van der Waals surface area contributed by atoms with Gasteiger partial charge in [0.15, 0.2) is 0 Å². The number of piperidine rings is 1. The van der Waals surface area contributed by atoms with Crippen molar-refractivity contribution in [1.82, 2.24) is 14.5 Å². The molecule has 7 nitrogen and oxygen atoms in total. The van der Waals surface area contributed by atoms with Crippen LogP contribution in [-0.4, -0.2) is 41.9 Å². The SMILES string of the molecule is Cc1ccc(NC(=O)c2nnc([C@H]3CCCN(S(=O)(=O)c4ccccc4F)C3)s2)cc1. The minimum atomic E-state index is -3.95. The van der Waals surface area contributed by atoms with E-state index in [2.05, 4.69) is 15.5 Å². The normalized spacial score (nSPS) is 17.4. The number of benzene rings is 2. The fourth-order valence-corrected chi connectivity index (χ4v) is 5.92. The van der Waals surface area contributed by atoms with Gasteiger partial charge in [-0.15, -0.1) is 10.2 Å². The number of sulfonamides is 1. The van der Waals surface area contributed by atoms with Crippen LogP contribution in [0.5, 0.6) is 0 Å². The Hall–Kier alpha value is -2.69. The van der Waals surface area contributed by atoms with Crippen molar-refractivity contribution in [2.45, 2.75) is 30.6 Å². The number of hydrogen-bond donors (Lipinski definition) is 1. The van der Waals surface area contributed by atoms with Gasteiger partial charge in [-0.25, -0.2) is 12.8 Å². The van der Waals surface area contributed by atoms with Crippen LogP contribution in [0.15, 0.2) is 53.4 Å². The predicted molar refractivity (Wildman–Crippen MR) is 116 cm³/mol. The first-order chi connectivity index (χ1) is 14.8. The van der Waals surface area contributed by atoms with E-state index in [1.807, 2.05) is 31.2 Å². The van der Waals surface area contributed by atoms with Gasteiger partial charge in [-0.05, 0) is 44.0 Å². The van der Waals surface area contributed by atoms with Crippen LogP contribution in [0.4, 0.5) is 10.1 Å². The van der Waals surface area contributed by atoms with Crippen molar-refractivity contribution in [1.29, 1.82) is 0 Å². The molecule has 1 saturated heterocycles. The quantitative estimate of drug-likeness (QED) is 0.625. The van der Waals surface area contributed by atoms with E-state index in [-0.39, 0.29) is 28.3 Å². The van der Waals surface area contributed by atoms with Crippen molar-refractivity contribution >= 4 is 33.0 Å². The maximum Gasteiger partial charge on any atom is 0.286 e. The number of halogens is 1. The predicted octanol–water partition coefficient (Wildman–Crippen LogP) is 3.81. The van der Waals surface area contributed by atoms with Crippen LogP contribution in [0.2, 0.25) is 0 Å². The van der Waals surface area contributed by atoms with Crippen LogP contribution in [-0.2, 0) is 10.0 Å². The highest BCUT2D eigenvalue weighted by Gasteiger charge is 2.34. The molecule has 4 rings (SSSR count). The number of rotatable bonds is 5. The first kappa shape index (κ1) is 21.5. The van der Waals surface area contributed by atoms with Crippen molar-refractivity contribution in [3.8, 4) is 0 Å². The lowest BCUT2D eigenvalue weighted by Gasteiger charge is -2.30. The molecule has 0 spiro atoms. The summed E-state index contributed by atoms with van der Waals surface area (Å²) in [6.45, 7) is 2.44. The molecule has 0 radical (unpaired) electrons. The summed E-state index contributed by atoms with van der Waals surface area (Å²) in [4.78, 5) is 12.2. The van der Waals surface area contributed by atoms with E-state index >= 15 is 0 Å². The molecule has 10 heteroatoms. The molecular formula is C21H21FN4O3S2. The van der Waals surface area contributed by atoms with Crippen LogP contribution in [0.3, 0.4) is 0 Å². The largest absolute Gasteiger partial charge is 0.320 e. The molecule has 1 aromatic heterocycles. The third kappa shape index (κ3) is 4.65.